The Hall–Kier alpha value is -1.79. The average Bonchev–Trinajstić information content (AvgIpc) is 2.56. The monoisotopic (exact) mass is 392 g/mol. The number of amides is 2. The molecular formula is C17H17BrN2O2S. The maximum Gasteiger partial charge on any atom is 0.243 e. The van der Waals surface area contributed by atoms with Crippen molar-refractivity contribution in [3.63, 3.8) is 0 Å². The number of carbonyl (C=O) groups is 2. The first kappa shape index (κ1) is 17.6. The molecule has 0 fully saturated rings. The number of benzene rings is 2. The first-order valence-electron chi connectivity index (χ1n) is 7.08. The Kier molecular flexibility index (Phi) is 7.16. The fraction of sp³-hybridized carbons (Fsp3) is 0.176. The van der Waals surface area contributed by atoms with Gasteiger partial charge < -0.3 is 10.6 Å². The van der Waals surface area contributed by atoms with Crippen molar-refractivity contribution < 1.29 is 9.59 Å². The molecule has 0 saturated heterocycles. The standard InChI is InChI=1S/C17H17BrN2O2S/c18-14-8-4-5-9-15(14)20-16(21)10-19-17(22)12-23-11-13-6-2-1-3-7-13/h1-9H,10-12H2,(H,19,22)(H,20,21). The van der Waals surface area contributed by atoms with Gasteiger partial charge in [-0.3, -0.25) is 9.59 Å². The summed E-state index contributed by atoms with van der Waals surface area (Å²) in [6, 6.07) is 17.3. The Labute approximate surface area is 148 Å². The fourth-order valence-electron chi connectivity index (χ4n) is 1.82. The van der Waals surface area contributed by atoms with Gasteiger partial charge in [-0.15, -0.1) is 11.8 Å². The van der Waals surface area contributed by atoms with Gasteiger partial charge >= 0.3 is 0 Å². The van der Waals surface area contributed by atoms with Gasteiger partial charge in [0.1, 0.15) is 0 Å². The van der Waals surface area contributed by atoms with Gasteiger partial charge in [-0.2, -0.15) is 0 Å². The van der Waals surface area contributed by atoms with Crippen LogP contribution in [-0.4, -0.2) is 24.1 Å². The maximum atomic E-state index is 11.8. The second kappa shape index (κ2) is 9.37. The van der Waals surface area contributed by atoms with Gasteiger partial charge in [0.15, 0.2) is 0 Å². The lowest BCUT2D eigenvalue weighted by atomic mass is 10.2. The summed E-state index contributed by atoms with van der Waals surface area (Å²) >= 11 is 4.88. The Morgan fingerprint density at radius 3 is 2.39 bits per heavy atom. The van der Waals surface area contributed by atoms with Gasteiger partial charge in [-0.1, -0.05) is 42.5 Å². The first-order valence-corrected chi connectivity index (χ1v) is 9.02. The molecule has 2 aromatic rings. The smallest absolute Gasteiger partial charge is 0.243 e. The highest BCUT2D eigenvalue weighted by molar-refractivity contribution is 9.10. The van der Waals surface area contributed by atoms with E-state index in [0.29, 0.717) is 11.4 Å². The van der Waals surface area contributed by atoms with E-state index in [-0.39, 0.29) is 18.4 Å². The van der Waals surface area contributed by atoms with E-state index in [1.54, 1.807) is 6.07 Å². The molecule has 23 heavy (non-hydrogen) atoms. The van der Waals surface area contributed by atoms with Gasteiger partial charge in [0.2, 0.25) is 11.8 Å². The molecule has 0 bridgehead atoms. The van der Waals surface area contributed by atoms with E-state index < -0.39 is 0 Å². The molecular weight excluding hydrogens is 376 g/mol. The normalized spacial score (nSPS) is 10.1. The van der Waals surface area contributed by atoms with E-state index >= 15 is 0 Å². The molecule has 0 aromatic heterocycles. The van der Waals surface area contributed by atoms with Crippen molar-refractivity contribution >= 4 is 45.2 Å². The van der Waals surface area contributed by atoms with E-state index in [0.717, 1.165) is 10.2 Å². The van der Waals surface area contributed by atoms with Crippen molar-refractivity contribution in [2.75, 3.05) is 17.6 Å². The van der Waals surface area contributed by atoms with Crippen LogP contribution in [0.5, 0.6) is 0 Å². The lowest BCUT2D eigenvalue weighted by molar-refractivity contribution is -0.122. The number of anilines is 1. The molecule has 0 radical (unpaired) electrons. The molecule has 0 spiro atoms. The highest BCUT2D eigenvalue weighted by Crippen LogP contribution is 2.20. The topological polar surface area (TPSA) is 58.2 Å². The van der Waals surface area contributed by atoms with Gasteiger partial charge in [0.25, 0.3) is 0 Å². The molecule has 0 aliphatic rings. The molecule has 0 atom stereocenters. The lowest BCUT2D eigenvalue weighted by Gasteiger charge is -2.08. The summed E-state index contributed by atoms with van der Waals surface area (Å²) in [4.78, 5) is 23.5. The summed E-state index contributed by atoms with van der Waals surface area (Å²) in [6.45, 7) is -0.0357. The summed E-state index contributed by atoms with van der Waals surface area (Å²) in [5.41, 5.74) is 1.86. The van der Waals surface area contributed by atoms with E-state index in [1.165, 1.54) is 17.3 Å². The summed E-state index contributed by atoms with van der Waals surface area (Å²) in [7, 11) is 0. The van der Waals surface area contributed by atoms with Gasteiger partial charge in [0.05, 0.1) is 18.0 Å². The second-order valence-electron chi connectivity index (χ2n) is 4.78. The molecule has 6 heteroatoms. The van der Waals surface area contributed by atoms with E-state index in [4.69, 9.17) is 0 Å². The fourth-order valence-corrected chi connectivity index (χ4v) is 3.02. The quantitative estimate of drug-likeness (QED) is 0.758. The second-order valence-corrected chi connectivity index (χ2v) is 6.62. The van der Waals surface area contributed by atoms with E-state index in [2.05, 4.69) is 26.6 Å². The molecule has 0 aliphatic heterocycles. The SMILES string of the molecule is O=C(CSCc1ccccc1)NCC(=O)Nc1ccccc1Br. The molecule has 2 amide bonds. The molecule has 0 heterocycles. The third kappa shape index (κ3) is 6.46. The van der Waals surface area contributed by atoms with Crippen LogP contribution in [0.25, 0.3) is 0 Å². The van der Waals surface area contributed by atoms with Crippen molar-refractivity contribution in [1.29, 1.82) is 0 Å². The zero-order valence-corrected chi connectivity index (χ0v) is 14.8. The van der Waals surface area contributed by atoms with Crippen molar-refractivity contribution in [3.05, 3.63) is 64.6 Å². The predicted molar refractivity (Wildman–Crippen MR) is 98.4 cm³/mol. The number of hydrogen-bond acceptors (Lipinski definition) is 3. The molecule has 2 rings (SSSR count). The molecule has 2 N–H and O–H groups in total. The number of halogens is 1. The zero-order valence-electron chi connectivity index (χ0n) is 12.4. The third-order valence-corrected chi connectivity index (χ3v) is 4.63. The third-order valence-electron chi connectivity index (χ3n) is 2.94. The number of rotatable bonds is 7. The van der Waals surface area contributed by atoms with Crippen LogP contribution in [0.4, 0.5) is 5.69 Å². The molecule has 120 valence electrons. The lowest BCUT2D eigenvalue weighted by Crippen LogP contribution is -2.34. The maximum absolute atomic E-state index is 11.8. The summed E-state index contributed by atoms with van der Waals surface area (Å²) < 4.78 is 0.804. The minimum atomic E-state index is -0.252. The summed E-state index contributed by atoms with van der Waals surface area (Å²) in [5.74, 6) is 0.709. The van der Waals surface area contributed by atoms with Crippen molar-refractivity contribution in [1.82, 2.24) is 5.32 Å². The van der Waals surface area contributed by atoms with E-state index in [1.807, 2.05) is 48.5 Å². The first-order chi connectivity index (χ1) is 11.1. The highest BCUT2D eigenvalue weighted by atomic mass is 79.9. The Bertz CT molecular complexity index is 665. The van der Waals surface area contributed by atoms with Crippen LogP contribution in [0.2, 0.25) is 0 Å². The number of hydrogen-bond donors (Lipinski definition) is 2. The predicted octanol–water partition coefficient (Wildman–Crippen LogP) is 3.44. The van der Waals surface area contributed by atoms with Crippen molar-refractivity contribution in [3.8, 4) is 0 Å². The average molecular weight is 393 g/mol. The zero-order chi connectivity index (χ0) is 16.5. The van der Waals surface area contributed by atoms with Crippen LogP contribution in [0.3, 0.4) is 0 Å². The number of nitrogens with one attached hydrogen (secondary N) is 2. The van der Waals surface area contributed by atoms with Gasteiger partial charge in [0, 0.05) is 10.2 Å². The highest BCUT2D eigenvalue weighted by Gasteiger charge is 2.07. The number of para-hydroxylation sites is 1. The molecule has 0 saturated carbocycles. The molecule has 0 aliphatic carbocycles. The van der Waals surface area contributed by atoms with Crippen LogP contribution < -0.4 is 10.6 Å². The van der Waals surface area contributed by atoms with Crippen molar-refractivity contribution in [2.45, 2.75) is 5.75 Å². The molecule has 2 aromatic carbocycles. The molecule has 4 nitrogen and oxygen atoms in total. The Morgan fingerprint density at radius 2 is 1.65 bits per heavy atom. The van der Waals surface area contributed by atoms with Crippen molar-refractivity contribution in [2.24, 2.45) is 0 Å². The van der Waals surface area contributed by atoms with Crippen LogP contribution in [-0.2, 0) is 15.3 Å². The van der Waals surface area contributed by atoms with Crippen LogP contribution >= 0.6 is 27.7 Å². The molecule has 0 unspecified atom stereocenters. The Morgan fingerprint density at radius 1 is 0.957 bits per heavy atom. The van der Waals surface area contributed by atoms with Gasteiger partial charge in [-0.25, -0.2) is 0 Å². The van der Waals surface area contributed by atoms with Crippen LogP contribution in [0.1, 0.15) is 5.56 Å². The number of thioether (sulfide) groups is 1. The minimum Gasteiger partial charge on any atom is -0.346 e. The summed E-state index contributed by atoms with van der Waals surface area (Å²) in [5, 5.41) is 5.36. The largest absolute Gasteiger partial charge is 0.346 e. The summed E-state index contributed by atoms with van der Waals surface area (Å²) in [6.07, 6.45) is 0. The number of carbonyl (C=O) groups excluding carboxylic acids is 2. The minimum absolute atomic E-state index is 0.0357. The Balaban J connectivity index is 1.66. The van der Waals surface area contributed by atoms with Gasteiger partial charge in [-0.05, 0) is 33.6 Å². The van der Waals surface area contributed by atoms with Crippen LogP contribution in [0, 0.1) is 0 Å². The van der Waals surface area contributed by atoms with Crippen LogP contribution in [0.15, 0.2) is 59.1 Å². The van der Waals surface area contributed by atoms with E-state index in [9.17, 15) is 9.59 Å².